The number of halogens is 1. The highest BCUT2D eigenvalue weighted by atomic mass is 79.9. The van der Waals surface area contributed by atoms with Crippen LogP contribution < -0.4 is 5.43 Å². The number of hydrogen-bond donors (Lipinski definition) is 2. The minimum atomic E-state index is -0.443. The van der Waals surface area contributed by atoms with Gasteiger partial charge in [0.25, 0.3) is 0 Å². The standard InChI is InChI=1S/C21H13BrN4O3S/c22-13-5-7-17-12(9-13)10-18(29-17)20(27)26-23-11-14-6-8-19(28-14)30-21-24-15-3-1-2-4-16(15)25-21/h1-11H,(H,24,25)(H,26,27)/b23-11+. The second-order valence-corrected chi connectivity index (χ2v) is 8.22. The maximum Gasteiger partial charge on any atom is 0.307 e. The summed E-state index contributed by atoms with van der Waals surface area (Å²) in [6.45, 7) is 0. The number of carbonyl (C=O) groups excluding carboxylic acids is 1. The number of nitrogens with zero attached hydrogens (tertiary/aromatic N) is 2. The van der Waals surface area contributed by atoms with E-state index in [0.717, 1.165) is 26.0 Å². The summed E-state index contributed by atoms with van der Waals surface area (Å²) in [5.74, 6) is 0.241. The monoisotopic (exact) mass is 480 g/mol. The van der Waals surface area contributed by atoms with Crippen LogP contribution in [0.2, 0.25) is 0 Å². The number of nitrogens with one attached hydrogen (secondary N) is 2. The van der Waals surface area contributed by atoms with Gasteiger partial charge in [-0.2, -0.15) is 5.10 Å². The van der Waals surface area contributed by atoms with E-state index in [0.29, 0.717) is 16.4 Å². The molecule has 2 N–H and O–H groups in total. The number of furan rings is 2. The Hall–Kier alpha value is -3.30. The smallest absolute Gasteiger partial charge is 0.307 e. The van der Waals surface area contributed by atoms with Gasteiger partial charge in [0.05, 0.1) is 17.2 Å². The molecule has 0 unspecified atom stereocenters. The van der Waals surface area contributed by atoms with Crippen molar-refractivity contribution >= 4 is 61.8 Å². The van der Waals surface area contributed by atoms with Crippen LogP contribution in [0.25, 0.3) is 22.0 Å². The van der Waals surface area contributed by atoms with Crippen molar-refractivity contribution < 1.29 is 13.6 Å². The first-order chi connectivity index (χ1) is 14.6. The molecule has 0 aliphatic carbocycles. The van der Waals surface area contributed by atoms with Crippen LogP contribution >= 0.6 is 27.7 Å². The van der Waals surface area contributed by atoms with Crippen LogP contribution in [0.4, 0.5) is 0 Å². The summed E-state index contributed by atoms with van der Waals surface area (Å²) in [5.41, 5.74) is 4.93. The van der Waals surface area contributed by atoms with Crippen LogP contribution in [0.15, 0.2) is 89.3 Å². The Kier molecular flexibility index (Phi) is 4.89. The summed E-state index contributed by atoms with van der Waals surface area (Å²) in [5, 5.41) is 6.16. The Bertz CT molecular complexity index is 1370. The second kappa shape index (κ2) is 7.85. The third kappa shape index (κ3) is 3.89. The molecule has 0 aliphatic heterocycles. The molecule has 7 nitrogen and oxygen atoms in total. The second-order valence-electron chi connectivity index (χ2n) is 6.31. The Labute approximate surface area is 182 Å². The molecule has 5 aromatic rings. The van der Waals surface area contributed by atoms with Crippen molar-refractivity contribution in [3.8, 4) is 0 Å². The summed E-state index contributed by atoms with van der Waals surface area (Å²) in [6.07, 6.45) is 1.43. The van der Waals surface area contributed by atoms with Gasteiger partial charge in [-0.1, -0.05) is 28.1 Å². The molecule has 0 bridgehead atoms. The summed E-state index contributed by atoms with van der Waals surface area (Å²) in [7, 11) is 0. The third-order valence-electron chi connectivity index (χ3n) is 4.23. The number of fused-ring (bicyclic) bond motifs is 2. The summed E-state index contributed by atoms with van der Waals surface area (Å²) < 4.78 is 12.2. The van der Waals surface area contributed by atoms with Gasteiger partial charge < -0.3 is 13.8 Å². The van der Waals surface area contributed by atoms with Crippen molar-refractivity contribution in [1.82, 2.24) is 15.4 Å². The third-order valence-corrected chi connectivity index (χ3v) is 5.53. The van der Waals surface area contributed by atoms with Gasteiger partial charge in [0, 0.05) is 9.86 Å². The first-order valence-corrected chi connectivity index (χ1v) is 10.5. The first-order valence-electron chi connectivity index (χ1n) is 8.89. The fourth-order valence-corrected chi connectivity index (χ4v) is 4.02. The Morgan fingerprint density at radius 3 is 2.93 bits per heavy atom. The minimum Gasteiger partial charge on any atom is -0.451 e. The molecule has 0 radical (unpaired) electrons. The lowest BCUT2D eigenvalue weighted by Crippen LogP contribution is -2.16. The predicted molar refractivity (Wildman–Crippen MR) is 118 cm³/mol. The number of aromatic amines is 1. The number of carbonyl (C=O) groups is 1. The average Bonchev–Trinajstić information content (AvgIpc) is 3.45. The average molecular weight is 481 g/mol. The van der Waals surface area contributed by atoms with E-state index in [1.807, 2.05) is 42.5 Å². The van der Waals surface area contributed by atoms with Gasteiger partial charge in [-0.15, -0.1) is 0 Å². The van der Waals surface area contributed by atoms with Crippen molar-refractivity contribution in [3.63, 3.8) is 0 Å². The van der Waals surface area contributed by atoms with Crippen molar-refractivity contribution in [2.75, 3.05) is 0 Å². The van der Waals surface area contributed by atoms with E-state index >= 15 is 0 Å². The normalized spacial score (nSPS) is 11.6. The van der Waals surface area contributed by atoms with Gasteiger partial charge in [-0.05, 0) is 60.3 Å². The number of imidazole rings is 1. The Morgan fingerprint density at radius 1 is 1.13 bits per heavy atom. The topological polar surface area (TPSA) is 96.4 Å². The number of H-pyrrole nitrogens is 1. The molecule has 5 rings (SSSR count). The highest BCUT2D eigenvalue weighted by Crippen LogP contribution is 2.28. The van der Waals surface area contributed by atoms with Gasteiger partial charge in [-0.3, -0.25) is 4.79 Å². The maximum atomic E-state index is 12.2. The summed E-state index contributed by atoms with van der Waals surface area (Å²) in [4.78, 5) is 20.0. The molecular formula is C21H13BrN4O3S. The largest absolute Gasteiger partial charge is 0.451 e. The number of para-hydroxylation sites is 2. The van der Waals surface area contributed by atoms with E-state index in [2.05, 4.69) is 36.4 Å². The van der Waals surface area contributed by atoms with Gasteiger partial charge in [0.1, 0.15) is 11.3 Å². The summed E-state index contributed by atoms with van der Waals surface area (Å²) >= 11 is 4.77. The van der Waals surface area contributed by atoms with E-state index in [4.69, 9.17) is 8.83 Å². The molecule has 2 aromatic carbocycles. The molecule has 3 aromatic heterocycles. The highest BCUT2D eigenvalue weighted by molar-refractivity contribution is 9.10. The number of benzene rings is 2. The molecule has 0 fully saturated rings. The number of amides is 1. The quantitative estimate of drug-likeness (QED) is 0.252. The Balaban J connectivity index is 1.23. The SMILES string of the molecule is O=C(N/N=C/c1ccc(Sc2nc3ccccc3[nH]2)o1)c1cc2cc(Br)ccc2o1. The van der Waals surface area contributed by atoms with E-state index in [9.17, 15) is 4.79 Å². The first kappa shape index (κ1) is 18.7. The molecule has 3 heterocycles. The number of hydrogen-bond acceptors (Lipinski definition) is 6. The zero-order chi connectivity index (χ0) is 20.5. The van der Waals surface area contributed by atoms with Crippen molar-refractivity contribution in [1.29, 1.82) is 0 Å². The zero-order valence-corrected chi connectivity index (χ0v) is 17.7. The fourth-order valence-electron chi connectivity index (χ4n) is 2.87. The number of aromatic nitrogens is 2. The molecule has 148 valence electrons. The molecular weight excluding hydrogens is 468 g/mol. The molecule has 30 heavy (non-hydrogen) atoms. The fraction of sp³-hybridized carbons (Fsp3) is 0. The van der Waals surface area contributed by atoms with E-state index < -0.39 is 5.91 Å². The van der Waals surface area contributed by atoms with Crippen LogP contribution in [0.5, 0.6) is 0 Å². The zero-order valence-electron chi connectivity index (χ0n) is 15.3. The van der Waals surface area contributed by atoms with Gasteiger partial charge in [-0.25, -0.2) is 10.4 Å². The van der Waals surface area contributed by atoms with Gasteiger partial charge in [0.2, 0.25) is 0 Å². The Morgan fingerprint density at radius 2 is 2.03 bits per heavy atom. The van der Waals surface area contributed by atoms with Crippen molar-refractivity contribution in [2.45, 2.75) is 10.2 Å². The number of hydrazone groups is 1. The van der Waals surface area contributed by atoms with E-state index in [1.54, 1.807) is 18.2 Å². The molecule has 9 heteroatoms. The number of rotatable bonds is 5. The van der Waals surface area contributed by atoms with Crippen LogP contribution in [-0.4, -0.2) is 22.1 Å². The maximum absolute atomic E-state index is 12.2. The lowest BCUT2D eigenvalue weighted by molar-refractivity contribution is 0.0929. The predicted octanol–water partition coefficient (Wildman–Crippen LogP) is 5.58. The molecule has 0 saturated carbocycles. The lowest BCUT2D eigenvalue weighted by Gasteiger charge is -1.94. The summed E-state index contributed by atoms with van der Waals surface area (Å²) in [6, 6.07) is 18.6. The highest BCUT2D eigenvalue weighted by Gasteiger charge is 2.12. The van der Waals surface area contributed by atoms with Crippen LogP contribution in [0, 0.1) is 0 Å². The van der Waals surface area contributed by atoms with Crippen molar-refractivity contribution in [2.24, 2.45) is 5.10 Å². The minimum absolute atomic E-state index is 0.181. The van der Waals surface area contributed by atoms with Gasteiger partial charge in [0.15, 0.2) is 16.0 Å². The molecule has 0 spiro atoms. The van der Waals surface area contributed by atoms with Crippen LogP contribution in [0.1, 0.15) is 16.3 Å². The molecule has 1 amide bonds. The molecule has 0 atom stereocenters. The van der Waals surface area contributed by atoms with E-state index in [-0.39, 0.29) is 5.76 Å². The lowest BCUT2D eigenvalue weighted by atomic mass is 10.2. The van der Waals surface area contributed by atoms with Gasteiger partial charge >= 0.3 is 5.91 Å². The molecule has 0 saturated heterocycles. The van der Waals surface area contributed by atoms with Crippen LogP contribution in [0.3, 0.4) is 0 Å². The van der Waals surface area contributed by atoms with Crippen LogP contribution in [-0.2, 0) is 0 Å². The molecule has 0 aliphatic rings. The van der Waals surface area contributed by atoms with E-state index in [1.165, 1.54) is 18.0 Å². The van der Waals surface area contributed by atoms with Crippen molar-refractivity contribution in [3.05, 3.63) is 76.7 Å².